The first-order chi connectivity index (χ1) is 13.1. The molecule has 2 aliphatic rings. The number of piperidine rings is 1. The van der Waals surface area contributed by atoms with E-state index in [1.54, 1.807) is 6.07 Å². The second kappa shape index (κ2) is 7.72. The molecule has 0 atom stereocenters. The molecule has 142 valence electrons. The lowest BCUT2D eigenvalue weighted by molar-refractivity contribution is -0.133. The van der Waals surface area contributed by atoms with Gasteiger partial charge in [0.2, 0.25) is 5.91 Å². The number of hydrogen-bond donors (Lipinski definition) is 0. The molecule has 5 nitrogen and oxygen atoms in total. The van der Waals surface area contributed by atoms with Crippen molar-refractivity contribution in [3.8, 4) is 0 Å². The number of amides is 1. The van der Waals surface area contributed by atoms with Crippen LogP contribution in [-0.4, -0.2) is 50.8 Å². The van der Waals surface area contributed by atoms with Crippen molar-refractivity contribution in [1.29, 1.82) is 0 Å². The molecule has 2 aromatic heterocycles. The van der Waals surface area contributed by atoms with Gasteiger partial charge in [-0.05, 0) is 56.0 Å². The Morgan fingerprint density at radius 1 is 1.11 bits per heavy atom. The van der Waals surface area contributed by atoms with E-state index in [1.165, 1.54) is 30.7 Å². The molecule has 4 rings (SSSR count). The number of carbonyl (C=O) groups is 1. The average molecular weight is 368 g/mol. The first-order valence-corrected chi connectivity index (χ1v) is 9.67. The highest BCUT2D eigenvalue weighted by molar-refractivity contribution is 5.78. The summed E-state index contributed by atoms with van der Waals surface area (Å²) in [5, 5.41) is 0. The highest BCUT2D eigenvalue weighted by atomic mass is 19.1. The number of likely N-dealkylation sites (tertiary alicyclic amines) is 2. The van der Waals surface area contributed by atoms with Gasteiger partial charge < -0.3 is 4.90 Å². The predicted octanol–water partition coefficient (Wildman–Crippen LogP) is 2.82. The second-order valence-corrected chi connectivity index (χ2v) is 7.64. The average Bonchev–Trinajstić information content (AvgIpc) is 3.06. The standard InChI is InChI=1S/C21H25FN4O/c22-18-4-5-19(24-15-18)13-20(27)25-11-7-21(8-12-25)6-2-10-26(21)16-17-3-1-9-23-14-17/h1,3-5,9,14-15H,2,6-8,10-13,16H2. The molecule has 2 saturated heterocycles. The summed E-state index contributed by atoms with van der Waals surface area (Å²) in [6.45, 7) is 3.61. The number of rotatable bonds is 4. The Kier molecular flexibility index (Phi) is 5.16. The van der Waals surface area contributed by atoms with Gasteiger partial charge in [-0.2, -0.15) is 0 Å². The Morgan fingerprint density at radius 2 is 1.96 bits per heavy atom. The predicted molar refractivity (Wildman–Crippen MR) is 100 cm³/mol. The molecule has 27 heavy (non-hydrogen) atoms. The van der Waals surface area contributed by atoms with Gasteiger partial charge in [-0.1, -0.05) is 6.07 Å². The Morgan fingerprint density at radius 3 is 2.67 bits per heavy atom. The molecular formula is C21H25FN4O. The number of pyridine rings is 2. The van der Waals surface area contributed by atoms with Crippen LogP contribution in [-0.2, 0) is 17.8 Å². The fraction of sp³-hybridized carbons (Fsp3) is 0.476. The first-order valence-electron chi connectivity index (χ1n) is 9.67. The minimum Gasteiger partial charge on any atom is -0.342 e. The van der Waals surface area contributed by atoms with Gasteiger partial charge in [-0.3, -0.25) is 19.7 Å². The van der Waals surface area contributed by atoms with E-state index in [0.29, 0.717) is 5.69 Å². The van der Waals surface area contributed by atoms with Crippen LogP contribution < -0.4 is 0 Å². The maximum Gasteiger partial charge on any atom is 0.228 e. The third-order valence-electron chi connectivity index (χ3n) is 6.01. The first kappa shape index (κ1) is 18.0. The minimum absolute atomic E-state index is 0.0840. The van der Waals surface area contributed by atoms with E-state index >= 15 is 0 Å². The lowest BCUT2D eigenvalue weighted by Crippen LogP contribution is -2.53. The molecule has 0 saturated carbocycles. The zero-order valence-corrected chi connectivity index (χ0v) is 15.5. The zero-order chi connectivity index (χ0) is 18.7. The fourth-order valence-electron chi connectivity index (χ4n) is 4.47. The van der Waals surface area contributed by atoms with Crippen molar-refractivity contribution in [1.82, 2.24) is 19.8 Å². The molecule has 2 aliphatic heterocycles. The molecule has 0 aliphatic carbocycles. The van der Waals surface area contributed by atoms with E-state index in [1.807, 2.05) is 23.4 Å². The van der Waals surface area contributed by atoms with Crippen molar-refractivity contribution >= 4 is 5.91 Å². The van der Waals surface area contributed by atoms with Crippen molar-refractivity contribution in [2.24, 2.45) is 0 Å². The number of carbonyl (C=O) groups excluding carboxylic acids is 1. The molecule has 0 N–H and O–H groups in total. The van der Waals surface area contributed by atoms with E-state index in [4.69, 9.17) is 0 Å². The lowest BCUT2D eigenvalue weighted by atomic mass is 9.84. The summed E-state index contributed by atoms with van der Waals surface area (Å²) in [7, 11) is 0. The van der Waals surface area contributed by atoms with E-state index in [2.05, 4.69) is 20.9 Å². The lowest BCUT2D eigenvalue weighted by Gasteiger charge is -2.45. The van der Waals surface area contributed by atoms with Crippen LogP contribution in [0.1, 0.15) is 36.9 Å². The van der Waals surface area contributed by atoms with Gasteiger partial charge in [-0.15, -0.1) is 0 Å². The van der Waals surface area contributed by atoms with Gasteiger partial charge in [0.05, 0.1) is 12.6 Å². The van der Waals surface area contributed by atoms with Gasteiger partial charge >= 0.3 is 0 Å². The maximum absolute atomic E-state index is 13.0. The van der Waals surface area contributed by atoms with Crippen LogP contribution in [0.25, 0.3) is 0 Å². The smallest absolute Gasteiger partial charge is 0.228 e. The quantitative estimate of drug-likeness (QED) is 0.833. The Hall–Kier alpha value is -2.34. The van der Waals surface area contributed by atoms with Gasteiger partial charge in [-0.25, -0.2) is 4.39 Å². The van der Waals surface area contributed by atoms with Crippen molar-refractivity contribution in [3.05, 3.63) is 59.9 Å². The summed E-state index contributed by atoms with van der Waals surface area (Å²) in [6, 6.07) is 7.07. The van der Waals surface area contributed by atoms with E-state index in [0.717, 1.165) is 39.0 Å². The molecule has 1 amide bonds. The van der Waals surface area contributed by atoms with Crippen LogP contribution in [0.15, 0.2) is 42.9 Å². The Labute approximate surface area is 159 Å². The number of aromatic nitrogens is 2. The Balaban J connectivity index is 1.35. The van der Waals surface area contributed by atoms with Crippen LogP contribution in [0.2, 0.25) is 0 Å². The molecule has 2 fully saturated rings. The molecule has 1 spiro atoms. The van der Waals surface area contributed by atoms with Gasteiger partial charge in [0.15, 0.2) is 0 Å². The van der Waals surface area contributed by atoms with Crippen molar-refractivity contribution in [2.75, 3.05) is 19.6 Å². The van der Waals surface area contributed by atoms with Crippen LogP contribution >= 0.6 is 0 Å². The molecule has 6 heteroatoms. The van der Waals surface area contributed by atoms with E-state index in [9.17, 15) is 9.18 Å². The Bertz CT molecular complexity index is 773. The minimum atomic E-state index is -0.374. The van der Waals surface area contributed by atoms with E-state index < -0.39 is 0 Å². The topological polar surface area (TPSA) is 49.3 Å². The summed E-state index contributed by atoms with van der Waals surface area (Å²) in [4.78, 5) is 25.4. The molecular weight excluding hydrogens is 343 g/mol. The van der Waals surface area contributed by atoms with Crippen molar-refractivity contribution in [3.63, 3.8) is 0 Å². The summed E-state index contributed by atoms with van der Waals surface area (Å²) in [6.07, 6.45) is 9.60. The second-order valence-electron chi connectivity index (χ2n) is 7.64. The fourth-order valence-corrected chi connectivity index (χ4v) is 4.47. The zero-order valence-electron chi connectivity index (χ0n) is 15.5. The normalized spacial score (nSPS) is 19.5. The van der Waals surface area contributed by atoms with Crippen LogP contribution in [0, 0.1) is 5.82 Å². The molecule has 4 heterocycles. The summed E-state index contributed by atoms with van der Waals surface area (Å²) < 4.78 is 13.0. The summed E-state index contributed by atoms with van der Waals surface area (Å²) >= 11 is 0. The van der Waals surface area contributed by atoms with E-state index in [-0.39, 0.29) is 23.7 Å². The molecule has 2 aromatic rings. The monoisotopic (exact) mass is 368 g/mol. The third-order valence-corrected chi connectivity index (χ3v) is 6.01. The molecule has 0 bridgehead atoms. The number of nitrogens with zero attached hydrogens (tertiary/aromatic N) is 4. The highest BCUT2D eigenvalue weighted by Gasteiger charge is 2.43. The van der Waals surface area contributed by atoms with Crippen molar-refractivity contribution < 1.29 is 9.18 Å². The molecule has 0 aromatic carbocycles. The maximum atomic E-state index is 13.0. The van der Waals surface area contributed by atoms with Gasteiger partial charge in [0, 0.05) is 43.3 Å². The number of halogens is 1. The number of hydrogen-bond acceptors (Lipinski definition) is 4. The van der Waals surface area contributed by atoms with Gasteiger partial charge in [0.1, 0.15) is 5.82 Å². The molecule has 0 unspecified atom stereocenters. The largest absolute Gasteiger partial charge is 0.342 e. The summed E-state index contributed by atoms with van der Waals surface area (Å²) in [5.41, 5.74) is 2.08. The van der Waals surface area contributed by atoms with Crippen LogP contribution in [0.3, 0.4) is 0 Å². The third kappa shape index (κ3) is 4.00. The van der Waals surface area contributed by atoms with Gasteiger partial charge in [0.25, 0.3) is 0 Å². The van der Waals surface area contributed by atoms with Crippen LogP contribution in [0.5, 0.6) is 0 Å². The highest BCUT2D eigenvalue weighted by Crippen LogP contribution is 2.39. The van der Waals surface area contributed by atoms with Crippen LogP contribution in [0.4, 0.5) is 4.39 Å². The van der Waals surface area contributed by atoms with Crippen molar-refractivity contribution in [2.45, 2.75) is 44.2 Å². The molecule has 0 radical (unpaired) electrons. The SMILES string of the molecule is O=C(Cc1ccc(F)cn1)N1CCC2(CCCN2Cc2cccnc2)CC1. The summed E-state index contributed by atoms with van der Waals surface area (Å²) in [5.74, 6) is -0.290.